The maximum atomic E-state index is 12.1. The Morgan fingerprint density at radius 1 is 1.33 bits per heavy atom. The molecule has 0 amide bonds. The molecule has 8 heteroatoms. The molecule has 7 nitrogen and oxygen atoms in total. The number of H-pyrrole nitrogens is 1. The molecule has 24 heavy (non-hydrogen) atoms. The maximum absolute atomic E-state index is 12.1. The van der Waals surface area contributed by atoms with E-state index in [0.717, 1.165) is 25.1 Å². The van der Waals surface area contributed by atoms with E-state index in [0.29, 0.717) is 31.3 Å². The molecule has 0 spiro atoms. The third kappa shape index (κ3) is 5.39. The van der Waals surface area contributed by atoms with E-state index in [9.17, 15) is 13.2 Å². The number of aromatic amines is 1. The number of nitrogens with one attached hydrogen (secondary N) is 2. The molecule has 2 rings (SSSR count). The Morgan fingerprint density at radius 2 is 2.08 bits per heavy atom. The fourth-order valence-corrected chi connectivity index (χ4v) is 4.78. The Labute approximate surface area is 143 Å². The highest BCUT2D eigenvalue weighted by molar-refractivity contribution is 7.89. The number of nitrogens with zero attached hydrogens (tertiary/aromatic N) is 2. The first kappa shape index (κ1) is 19.1. The number of aryl methyl sites for hydroxylation is 1. The van der Waals surface area contributed by atoms with Gasteiger partial charge in [-0.05, 0) is 25.7 Å². The summed E-state index contributed by atoms with van der Waals surface area (Å²) < 4.78 is 27.1. The number of hydrogen-bond acceptors (Lipinski definition) is 5. The molecule has 1 aromatic heterocycles. The summed E-state index contributed by atoms with van der Waals surface area (Å²) in [6, 6.07) is 1.45. The molecule has 0 unspecified atom stereocenters. The zero-order chi connectivity index (χ0) is 17.7. The van der Waals surface area contributed by atoms with Crippen LogP contribution in [0.4, 0.5) is 0 Å². The van der Waals surface area contributed by atoms with Crippen LogP contribution >= 0.6 is 0 Å². The van der Waals surface area contributed by atoms with Crippen LogP contribution in [0.15, 0.2) is 10.9 Å². The lowest BCUT2D eigenvalue weighted by atomic mass is 9.99. The lowest BCUT2D eigenvalue weighted by Crippen LogP contribution is -2.41. The molecule has 0 aromatic carbocycles. The van der Waals surface area contributed by atoms with Crippen molar-refractivity contribution in [1.29, 1.82) is 0 Å². The van der Waals surface area contributed by atoms with E-state index in [2.05, 4.69) is 26.5 Å². The van der Waals surface area contributed by atoms with Crippen LogP contribution in [0.25, 0.3) is 0 Å². The van der Waals surface area contributed by atoms with E-state index in [-0.39, 0.29) is 17.4 Å². The first-order valence-electron chi connectivity index (χ1n) is 8.62. The second-order valence-electron chi connectivity index (χ2n) is 6.61. The van der Waals surface area contributed by atoms with Crippen molar-refractivity contribution in [1.82, 2.24) is 19.6 Å². The van der Waals surface area contributed by atoms with E-state index in [4.69, 9.17) is 0 Å². The fraction of sp³-hybridized carbons (Fsp3) is 0.750. The summed E-state index contributed by atoms with van der Waals surface area (Å²) in [5, 5.41) is 0. The van der Waals surface area contributed by atoms with Gasteiger partial charge in [0.2, 0.25) is 10.0 Å². The quantitative estimate of drug-likeness (QED) is 0.725. The minimum atomic E-state index is -3.22. The van der Waals surface area contributed by atoms with Gasteiger partial charge in [-0.3, -0.25) is 9.69 Å². The topological polar surface area (TPSA) is 95.2 Å². The number of sulfonamides is 1. The molecule has 0 radical (unpaired) electrons. The first-order chi connectivity index (χ1) is 11.3. The maximum Gasteiger partial charge on any atom is 0.251 e. The Morgan fingerprint density at radius 3 is 2.71 bits per heavy atom. The molecular weight excluding hydrogens is 328 g/mol. The van der Waals surface area contributed by atoms with Crippen LogP contribution in [0, 0.1) is 12.8 Å². The van der Waals surface area contributed by atoms with Gasteiger partial charge >= 0.3 is 0 Å². The van der Waals surface area contributed by atoms with Crippen LogP contribution in [0.1, 0.15) is 44.6 Å². The van der Waals surface area contributed by atoms with Crippen molar-refractivity contribution in [3.05, 3.63) is 27.9 Å². The number of hydrogen-bond donors (Lipinski definition) is 2. The highest BCUT2D eigenvalue weighted by Crippen LogP contribution is 2.23. The van der Waals surface area contributed by atoms with Crippen LogP contribution in [-0.2, 0) is 16.6 Å². The van der Waals surface area contributed by atoms with Crippen LogP contribution in [-0.4, -0.2) is 48.2 Å². The van der Waals surface area contributed by atoms with Crippen LogP contribution in [0.5, 0.6) is 0 Å². The van der Waals surface area contributed by atoms with E-state index < -0.39 is 10.0 Å². The van der Waals surface area contributed by atoms with Crippen molar-refractivity contribution in [3.63, 3.8) is 0 Å². The van der Waals surface area contributed by atoms with Gasteiger partial charge in [0, 0.05) is 31.7 Å². The Hall–Kier alpha value is -1.25. The highest BCUT2D eigenvalue weighted by atomic mass is 32.2. The molecule has 0 saturated carbocycles. The van der Waals surface area contributed by atoms with Gasteiger partial charge < -0.3 is 4.98 Å². The van der Waals surface area contributed by atoms with Crippen molar-refractivity contribution in [2.24, 2.45) is 5.92 Å². The summed E-state index contributed by atoms with van der Waals surface area (Å²) in [6.45, 7) is 7.78. The third-order valence-corrected chi connectivity index (χ3v) is 5.89. The van der Waals surface area contributed by atoms with Crippen LogP contribution in [0.2, 0.25) is 0 Å². The SMILES string of the molecule is CCC[C@H]1CN(Cc2cc(=O)[nH]c(C)n2)C[C@@H]1NS(=O)(=O)CCC. The lowest BCUT2D eigenvalue weighted by molar-refractivity contribution is 0.308. The Bertz CT molecular complexity index is 702. The molecule has 2 heterocycles. The second kappa shape index (κ2) is 8.22. The van der Waals surface area contributed by atoms with E-state index in [1.54, 1.807) is 6.92 Å². The Balaban J connectivity index is 2.07. The largest absolute Gasteiger partial charge is 0.311 e. The van der Waals surface area contributed by atoms with Crippen molar-refractivity contribution in [2.75, 3.05) is 18.8 Å². The zero-order valence-corrected chi connectivity index (χ0v) is 15.5. The zero-order valence-electron chi connectivity index (χ0n) is 14.7. The van der Waals surface area contributed by atoms with Crippen molar-refractivity contribution in [3.8, 4) is 0 Å². The van der Waals surface area contributed by atoms with Gasteiger partial charge in [-0.1, -0.05) is 20.3 Å². The van der Waals surface area contributed by atoms with Crippen LogP contribution in [0.3, 0.4) is 0 Å². The molecule has 1 aromatic rings. The lowest BCUT2D eigenvalue weighted by Gasteiger charge is -2.19. The van der Waals surface area contributed by atoms with Crippen molar-refractivity contribution >= 4 is 10.0 Å². The molecule has 136 valence electrons. The van der Waals surface area contributed by atoms with Gasteiger partial charge in [-0.15, -0.1) is 0 Å². The van der Waals surface area contributed by atoms with Gasteiger partial charge in [-0.2, -0.15) is 0 Å². The van der Waals surface area contributed by atoms with Gasteiger partial charge in [0.05, 0.1) is 11.4 Å². The number of likely N-dealkylation sites (tertiary alicyclic amines) is 1. The molecule has 1 saturated heterocycles. The average molecular weight is 356 g/mol. The first-order valence-corrected chi connectivity index (χ1v) is 10.3. The van der Waals surface area contributed by atoms with Gasteiger partial charge in [0.1, 0.15) is 5.82 Å². The molecule has 2 N–H and O–H groups in total. The average Bonchev–Trinajstić information content (AvgIpc) is 2.78. The van der Waals surface area contributed by atoms with E-state index in [1.165, 1.54) is 6.07 Å². The minimum Gasteiger partial charge on any atom is -0.311 e. The summed E-state index contributed by atoms with van der Waals surface area (Å²) in [5.41, 5.74) is 0.575. The van der Waals surface area contributed by atoms with Crippen molar-refractivity contribution in [2.45, 2.75) is 52.6 Å². The molecular formula is C16H28N4O3S. The second-order valence-corrected chi connectivity index (χ2v) is 8.48. The molecule has 1 aliphatic rings. The minimum absolute atomic E-state index is 0.0652. The molecule has 2 atom stereocenters. The summed E-state index contributed by atoms with van der Waals surface area (Å²) in [5.74, 6) is 1.06. The third-order valence-electron chi connectivity index (χ3n) is 4.28. The Kier molecular flexibility index (Phi) is 6.54. The summed E-state index contributed by atoms with van der Waals surface area (Å²) in [4.78, 5) is 20.8. The molecule has 1 fully saturated rings. The fourth-order valence-electron chi connectivity index (χ4n) is 3.40. The summed E-state index contributed by atoms with van der Waals surface area (Å²) in [7, 11) is -3.22. The summed E-state index contributed by atoms with van der Waals surface area (Å²) >= 11 is 0. The van der Waals surface area contributed by atoms with Crippen molar-refractivity contribution < 1.29 is 8.42 Å². The number of aromatic nitrogens is 2. The normalized spacial score (nSPS) is 22.1. The standard InChI is InChI=1S/C16H28N4O3S/c1-4-6-13-9-20(10-14-8-16(21)18-12(3)17-14)11-15(13)19-24(22,23)7-5-2/h8,13,15,19H,4-7,9-11H2,1-3H3,(H,17,18,21)/t13-,15-/m0/s1. The number of rotatable bonds is 8. The van der Waals surface area contributed by atoms with E-state index >= 15 is 0 Å². The monoisotopic (exact) mass is 356 g/mol. The van der Waals surface area contributed by atoms with Gasteiger partial charge in [-0.25, -0.2) is 18.1 Å². The molecule has 0 aliphatic carbocycles. The smallest absolute Gasteiger partial charge is 0.251 e. The highest BCUT2D eigenvalue weighted by Gasteiger charge is 2.34. The van der Waals surface area contributed by atoms with E-state index in [1.807, 2.05) is 6.92 Å². The predicted octanol–water partition coefficient (Wildman–Crippen LogP) is 1.01. The molecule has 1 aliphatic heterocycles. The van der Waals surface area contributed by atoms with Crippen LogP contribution < -0.4 is 10.3 Å². The predicted molar refractivity (Wildman–Crippen MR) is 94.3 cm³/mol. The van der Waals surface area contributed by atoms with Gasteiger partial charge in [0.15, 0.2) is 0 Å². The van der Waals surface area contributed by atoms with Gasteiger partial charge in [0.25, 0.3) is 5.56 Å². The molecule has 0 bridgehead atoms. The summed E-state index contributed by atoms with van der Waals surface area (Å²) in [6.07, 6.45) is 2.62.